The number of nitrogens with two attached hydrogens (primary N) is 1. The molecule has 0 aliphatic carbocycles. The lowest BCUT2D eigenvalue weighted by Crippen LogP contribution is -2.54. The van der Waals surface area contributed by atoms with Gasteiger partial charge in [0.05, 0.1) is 5.56 Å². The molecule has 0 fully saturated rings. The number of rotatable bonds is 10. The monoisotopic (exact) mass is 513 g/mol. The van der Waals surface area contributed by atoms with Crippen LogP contribution in [-0.2, 0) is 40.0 Å². The van der Waals surface area contributed by atoms with E-state index in [1.54, 1.807) is 54.6 Å². The average molecular weight is 514 g/mol. The van der Waals surface area contributed by atoms with Crippen molar-refractivity contribution in [2.24, 2.45) is 5.73 Å². The zero-order valence-corrected chi connectivity index (χ0v) is 19.7. The number of alkyl carbamates (subject to hydrolysis) is 1. The largest absolute Gasteiger partial charge is 0.445 e. The van der Waals surface area contributed by atoms with Gasteiger partial charge in [0.2, 0.25) is 11.8 Å². The standard InChI is InChI=1S/C27H26F3N3O4/c28-27(29,30)21-14-8-7-13-20(21)16-22(24(31)34)32-25(35)23(15-18-9-3-1-4-10-18)33-26(36)37-17-19-11-5-2-6-12-19/h1-14,22-23H,15-17H2,(H2,31,34)(H,32,35)(H,33,36)/t22-,23+/m0/s1. The van der Waals surface area contributed by atoms with Gasteiger partial charge in [0.1, 0.15) is 18.7 Å². The van der Waals surface area contributed by atoms with Crippen molar-refractivity contribution < 1.29 is 32.3 Å². The van der Waals surface area contributed by atoms with E-state index in [1.165, 1.54) is 18.2 Å². The van der Waals surface area contributed by atoms with Crippen LogP contribution in [0.4, 0.5) is 18.0 Å². The van der Waals surface area contributed by atoms with Gasteiger partial charge < -0.3 is 21.1 Å². The molecule has 0 aliphatic heterocycles. The Morgan fingerprint density at radius 1 is 0.757 bits per heavy atom. The maximum absolute atomic E-state index is 13.4. The Labute approximate surface area is 211 Å². The Hall–Kier alpha value is -4.34. The van der Waals surface area contributed by atoms with Crippen LogP contribution in [0.5, 0.6) is 0 Å². The lowest BCUT2D eigenvalue weighted by atomic mass is 9.98. The van der Waals surface area contributed by atoms with E-state index < -0.39 is 48.2 Å². The van der Waals surface area contributed by atoms with Gasteiger partial charge in [-0.05, 0) is 22.8 Å². The van der Waals surface area contributed by atoms with Crippen LogP contribution in [0.1, 0.15) is 22.3 Å². The highest BCUT2D eigenvalue weighted by atomic mass is 19.4. The normalized spacial score (nSPS) is 12.7. The lowest BCUT2D eigenvalue weighted by Gasteiger charge is -2.23. The van der Waals surface area contributed by atoms with E-state index >= 15 is 0 Å². The summed E-state index contributed by atoms with van der Waals surface area (Å²) in [5, 5.41) is 4.87. The predicted molar refractivity (Wildman–Crippen MR) is 130 cm³/mol. The van der Waals surface area contributed by atoms with Gasteiger partial charge in [-0.25, -0.2) is 4.79 Å². The Kier molecular flexibility index (Phi) is 9.26. The van der Waals surface area contributed by atoms with Crippen molar-refractivity contribution in [3.63, 3.8) is 0 Å². The number of carbonyl (C=O) groups is 3. The fourth-order valence-corrected chi connectivity index (χ4v) is 3.66. The van der Waals surface area contributed by atoms with E-state index in [0.717, 1.165) is 11.6 Å². The fraction of sp³-hybridized carbons (Fsp3) is 0.222. The minimum Gasteiger partial charge on any atom is -0.445 e. The molecule has 3 aromatic carbocycles. The van der Waals surface area contributed by atoms with Crippen molar-refractivity contribution in [2.75, 3.05) is 0 Å². The number of hydrogen-bond donors (Lipinski definition) is 3. The van der Waals surface area contributed by atoms with Crippen LogP contribution < -0.4 is 16.4 Å². The van der Waals surface area contributed by atoms with Gasteiger partial charge in [-0.3, -0.25) is 9.59 Å². The van der Waals surface area contributed by atoms with Crippen LogP contribution in [0.15, 0.2) is 84.9 Å². The Bertz CT molecular complexity index is 1200. The highest BCUT2D eigenvalue weighted by Gasteiger charge is 2.34. The first-order valence-corrected chi connectivity index (χ1v) is 11.4. The topological polar surface area (TPSA) is 111 Å². The number of carbonyl (C=O) groups excluding carboxylic acids is 3. The number of nitrogens with one attached hydrogen (secondary N) is 2. The molecule has 3 aromatic rings. The van der Waals surface area contributed by atoms with Crippen molar-refractivity contribution >= 4 is 17.9 Å². The van der Waals surface area contributed by atoms with Crippen LogP contribution in [0.2, 0.25) is 0 Å². The van der Waals surface area contributed by atoms with Gasteiger partial charge in [0, 0.05) is 12.8 Å². The molecular formula is C27H26F3N3O4. The molecule has 3 rings (SSSR count). The van der Waals surface area contributed by atoms with E-state index in [-0.39, 0.29) is 18.6 Å². The van der Waals surface area contributed by atoms with Gasteiger partial charge in [0.25, 0.3) is 0 Å². The second-order valence-electron chi connectivity index (χ2n) is 8.27. The first-order chi connectivity index (χ1) is 17.6. The lowest BCUT2D eigenvalue weighted by molar-refractivity contribution is -0.138. The number of hydrogen-bond acceptors (Lipinski definition) is 4. The van der Waals surface area contributed by atoms with E-state index in [4.69, 9.17) is 10.5 Å². The highest BCUT2D eigenvalue weighted by Crippen LogP contribution is 2.32. The third-order valence-corrected chi connectivity index (χ3v) is 5.51. The number of ether oxygens (including phenoxy) is 1. The number of alkyl halides is 3. The third-order valence-electron chi connectivity index (χ3n) is 5.51. The van der Waals surface area contributed by atoms with Crippen molar-refractivity contribution in [1.82, 2.24) is 10.6 Å². The summed E-state index contributed by atoms with van der Waals surface area (Å²) in [6.45, 7) is -0.0372. The smallest absolute Gasteiger partial charge is 0.416 e. The fourth-order valence-electron chi connectivity index (χ4n) is 3.66. The first-order valence-electron chi connectivity index (χ1n) is 11.4. The molecule has 4 N–H and O–H groups in total. The summed E-state index contributed by atoms with van der Waals surface area (Å²) in [6, 6.07) is 19.7. The summed E-state index contributed by atoms with van der Waals surface area (Å²) in [6.07, 6.45) is -5.97. The van der Waals surface area contributed by atoms with E-state index in [9.17, 15) is 27.6 Å². The van der Waals surface area contributed by atoms with Crippen molar-refractivity contribution in [3.8, 4) is 0 Å². The molecule has 0 aliphatic rings. The summed E-state index contributed by atoms with van der Waals surface area (Å²) in [4.78, 5) is 37.7. The van der Waals surface area contributed by atoms with Gasteiger partial charge >= 0.3 is 12.3 Å². The summed E-state index contributed by atoms with van der Waals surface area (Å²) >= 11 is 0. The molecular weight excluding hydrogens is 487 g/mol. The molecule has 194 valence electrons. The summed E-state index contributed by atoms with van der Waals surface area (Å²) in [5.74, 6) is -1.82. The van der Waals surface area contributed by atoms with E-state index in [2.05, 4.69) is 10.6 Å². The van der Waals surface area contributed by atoms with Crippen LogP contribution >= 0.6 is 0 Å². The second kappa shape index (κ2) is 12.6. The minimum atomic E-state index is -4.65. The molecule has 0 saturated heterocycles. The zero-order chi connectivity index (χ0) is 26.8. The van der Waals surface area contributed by atoms with Crippen LogP contribution in [0.25, 0.3) is 0 Å². The molecule has 0 radical (unpaired) electrons. The molecule has 0 unspecified atom stereocenters. The Balaban J connectivity index is 1.75. The summed E-state index contributed by atoms with van der Waals surface area (Å²) < 4.78 is 45.4. The van der Waals surface area contributed by atoms with Gasteiger partial charge in [-0.2, -0.15) is 13.2 Å². The van der Waals surface area contributed by atoms with E-state index in [1.807, 2.05) is 6.07 Å². The third kappa shape index (κ3) is 8.38. The maximum Gasteiger partial charge on any atom is 0.416 e. The molecule has 0 aromatic heterocycles. The molecule has 0 heterocycles. The molecule has 2 atom stereocenters. The molecule has 7 nitrogen and oxygen atoms in total. The van der Waals surface area contributed by atoms with Gasteiger partial charge in [-0.15, -0.1) is 0 Å². The number of primary amides is 1. The average Bonchev–Trinajstić information content (AvgIpc) is 2.87. The zero-order valence-electron chi connectivity index (χ0n) is 19.7. The number of benzene rings is 3. The minimum absolute atomic E-state index is 0.0372. The van der Waals surface area contributed by atoms with Crippen molar-refractivity contribution in [2.45, 2.75) is 37.7 Å². The number of amides is 3. The maximum atomic E-state index is 13.4. The van der Waals surface area contributed by atoms with Crippen LogP contribution in [0, 0.1) is 0 Å². The first kappa shape index (κ1) is 27.3. The molecule has 0 saturated carbocycles. The van der Waals surface area contributed by atoms with E-state index in [0.29, 0.717) is 5.56 Å². The molecule has 3 amide bonds. The molecule has 10 heteroatoms. The van der Waals surface area contributed by atoms with Crippen molar-refractivity contribution in [3.05, 3.63) is 107 Å². The van der Waals surface area contributed by atoms with Crippen LogP contribution in [-0.4, -0.2) is 30.0 Å². The Morgan fingerprint density at radius 3 is 1.92 bits per heavy atom. The number of halogens is 3. The SMILES string of the molecule is NC(=O)[C@H](Cc1ccccc1C(F)(F)F)NC(=O)[C@@H](Cc1ccccc1)NC(=O)OCc1ccccc1. The Morgan fingerprint density at radius 2 is 1.32 bits per heavy atom. The predicted octanol–water partition coefficient (Wildman–Crippen LogP) is 3.76. The molecule has 37 heavy (non-hydrogen) atoms. The summed E-state index contributed by atoms with van der Waals surface area (Å²) in [7, 11) is 0. The van der Waals surface area contributed by atoms with Gasteiger partial charge in [-0.1, -0.05) is 78.9 Å². The van der Waals surface area contributed by atoms with Crippen molar-refractivity contribution in [1.29, 1.82) is 0 Å². The van der Waals surface area contributed by atoms with Gasteiger partial charge in [0.15, 0.2) is 0 Å². The highest BCUT2D eigenvalue weighted by molar-refractivity contribution is 5.91. The second-order valence-corrected chi connectivity index (χ2v) is 8.27. The summed E-state index contributed by atoms with van der Waals surface area (Å²) in [5.41, 5.74) is 5.71. The molecule has 0 bridgehead atoms. The quantitative estimate of drug-likeness (QED) is 0.384. The molecule has 0 spiro atoms. The van der Waals surface area contributed by atoms with Crippen LogP contribution in [0.3, 0.4) is 0 Å².